The first-order chi connectivity index (χ1) is 7.91. The second kappa shape index (κ2) is 5.77. The van der Waals surface area contributed by atoms with E-state index >= 15 is 0 Å². The topological polar surface area (TPSA) is 55.1 Å². The molecule has 0 radical (unpaired) electrons. The van der Waals surface area contributed by atoms with Crippen molar-refractivity contribution < 1.29 is 9.18 Å². The van der Waals surface area contributed by atoms with Gasteiger partial charge in [0.1, 0.15) is 5.82 Å². The minimum absolute atomic E-state index is 0.177. The molecule has 0 aromatic heterocycles. The van der Waals surface area contributed by atoms with Crippen molar-refractivity contribution in [3.63, 3.8) is 0 Å². The number of carbonyl (C=O) groups is 1. The van der Waals surface area contributed by atoms with Crippen molar-refractivity contribution in [1.29, 1.82) is 0 Å². The normalized spacial score (nSPS) is 12.6. The average Bonchev–Trinajstić information content (AvgIpc) is 2.24. The van der Waals surface area contributed by atoms with Crippen molar-refractivity contribution in [3.8, 4) is 0 Å². The van der Waals surface area contributed by atoms with Crippen LogP contribution in [-0.4, -0.2) is 11.9 Å². The summed E-state index contributed by atoms with van der Waals surface area (Å²) in [6.07, 6.45) is 0.244. The molecule has 0 aliphatic carbocycles. The molecule has 0 bridgehead atoms. The van der Waals surface area contributed by atoms with Crippen LogP contribution in [0.2, 0.25) is 0 Å². The molecule has 3 N–H and O–H groups in total. The van der Waals surface area contributed by atoms with Gasteiger partial charge in [0.15, 0.2) is 0 Å². The van der Waals surface area contributed by atoms with E-state index in [1.54, 1.807) is 19.1 Å². The van der Waals surface area contributed by atoms with Crippen molar-refractivity contribution in [2.45, 2.75) is 33.2 Å². The van der Waals surface area contributed by atoms with E-state index in [9.17, 15) is 9.18 Å². The number of amides is 1. The quantitative estimate of drug-likeness (QED) is 0.846. The van der Waals surface area contributed by atoms with Crippen molar-refractivity contribution in [1.82, 2.24) is 0 Å². The standard InChI is InChI=1S/C13H19FN2O/c1-8(2)11(15)7-13(17)16-12-6-4-5-10(14)9(12)3/h4-6,8,11H,7,15H2,1-3H3,(H,16,17). The molecule has 0 saturated carbocycles. The first-order valence-electron chi connectivity index (χ1n) is 5.72. The van der Waals surface area contributed by atoms with Crippen LogP contribution in [0.4, 0.5) is 10.1 Å². The van der Waals surface area contributed by atoms with Crippen LogP contribution >= 0.6 is 0 Å². The highest BCUT2D eigenvalue weighted by Gasteiger charge is 2.14. The van der Waals surface area contributed by atoms with E-state index < -0.39 is 0 Å². The maximum Gasteiger partial charge on any atom is 0.225 e. The molecule has 0 heterocycles. The summed E-state index contributed by atoms with van der Waals surface area (Å²) < 4.78 is 13.2. The summed E-state index contributed by atoms with van der Waals surface area (Å²) in [7, 11) is 0. The van der Waals surface area contributed by atoms with Gasteiger partial charge in [-0.3, -0.25) is 4.79 Å². The van der Waals surface area contributed by atoms with E-state index in [-0.39, 0.29) is 30.1 Å². The molecular formula is C13H19FN2O. The number of nitrogens with one attached hydrogen (secondary N) is 1. The second-order valence-corrected chi connectivity index (χ2v) is 4.57. The Hall–Kier alpha value is -1.42. The van der Waals surface area contributed by atoms with Crippen molar-refractivity contribution in [2.75, 3.05) is 5.32 Å². The summed E-state index contributed by atoms with van der Waals surface area (Å²) in [4.78, 5) is 11.7. The first-order valence-corrected chi connectivity index (χ1v) is 5.72. The Balaban J connectivity index is 2.66. The molecule has 1 aromatic carbocycles. The second-order valence-electron chi connectivity index (χ2n) is 4.57. The molecule has 1 unspecified atom stereocenters. The Bertz CT molecular complexity index is 404. The van der Waals surface area contributed by atoms with Crippen LogP contribution in [0.3, 0.4) is 0 Å². The molecule has 1 amide bonds. The fourth-order valence-corrected chi connectivity index (χ4v) is 1.39. The van der Waals surface area contributed by atoms with Gasteiger partial charge in [-0.1, -0.05) is 19.9 Å². The summed E-state index contributed by atoms with van der Waals surface area (Å²) in [6.45, 7) is 5.56. The lowest BCUT2D eigenvalue weighted by atomic mass is 10.0. The first kappa shape index (κ1) is 13.6. The summed E-state index contributed by atoms with van der Waals surface area (Å²) in [5, 5.41) is 2.68. The average molecular weight is 238 g/mol. The lowest BCUT2D eigenvalue weighted by Gasteiger charge is -2.15. The third kappa shape index (κ3) is 3.82. The molecule has 3 nitrogen and oxygen atoms in total. The van der Waals surface area contributed by atoms with E-state index in [1.807, 2.05) is 13.8 Å². The van der Waals surface area contributed by atoms with E-state index in [0.717, 1.165) is 0 Å². The van der Waals surface area contributed by atoms with Gasteiger partial charge < -0.3 is 11.1 Å². The summed E-state index contributed by atoms with van der Waals surface area (Å²) in [6, 6.07) is 4.44. The monoisotopic (exact) mass is 238 g/mol. The van der Waals surface area contributed by atoms with Gasteiger partial charge >= 0.3 is 0 Å². The van der Waals surface area contributed by atoms with E-state index in [2.05, 4.69) is 5.32 Å². The van der Waals surface area contributed by atoms with Gasteiger partial charge in [0, 0.05) is 23.7 Å². The SMILES string of the molecule is Cc1c(F)cccc1NC(=O)CC(N)C(C)C. The molecule has 1 atom stereocenters. The molecule has 0 aliphatic rings. The molecule has 0 spiro atoms. The molecule has 1 aromatic rings. The molecular weight excluding hydrogens is 219 g/mol. The molecule has 0 saturated heterocycles. The van der Waals surface area contributed by atoms with Crippen LogP contribution in [0.25, 0.3) is 0 Å². The minimum Gasteiger partial charge on any atom is -0.327 e. The molecule has 94 valence electrons. The van der Waals surface area contributed by atoms with Gasteiger partial charge in [-0.25, -0.2) is 4.39 Å². The molecule has 0 fully saturated rings. The van der Waals surface area contributed by atoms with Crippen LogP contribution in [0, 0.1) is 18.7 Å². The largest absolute Gasteiger partial charge is 0.327 e. The minimum atomic E-state index is -0.323. The maximum atomic E-state index is 13.2. The van der Waals surface area contributed by atoms with Crippen molar-refractivity contribution in [2.24, 2.45) is 11.7 Å². The van der Waals surface area contributed by atoms with Crippen LogP contribution < -0.4 is 11.1 Å². The Kier molecular flexibility index (Phi) is 4.63. The van der Waals surface area contributed by atoms with Crippen molar-refractivity contribution in [3.05, 3.63) is 29.6 Å². The number of benzene rings is 1. The Morgan fingerprint density at radius 1 is 1.47 bits per heavy atom. The number of anilines is 1. The number of carbonyl (C=O) groups excluding carboxylic acids is 1. The Morgan fingerprint density at radius 3 is 2.71 bits per heavy atom. The van der Waals surface area contributed by atoms with Gasteiger partial charge in [0.05, 0.1) is 0 Å². The Labute approximate surface area is 101 Å². The van der Waals surface area contributed by atoms with Crippen LogP contribution in [0.1, 0.15) is 25.8 Å². The van der Waals surface area contributed by atoms with Crippen LogP contribution in [0.5, 0.6) is 0 Å². The highest BCUT2D eigenvalue weighted by Crippen LogP contribution is 2.17. The lowest BCUT2D eigenvalue weighted by molar-refractivity contribution is -0.116. The zero-order valence-corrected chi connectivity index (χ0v) is 10.5. The van der Waals surface area contributed by atoms with Gasteiger partial charge in [0.2, 0.25) is 5.91 Å². The van der Waals surface area contributed by atoms with E-state index in [1.165, 1.54) is 6.07 Å². The van der Waals surface area contributed by atoms with Crippen molar-refractivity contribution >= 4 is 11.6 Å². The fraction of sp³-hybridized carbons (Fsp3) is 0.462. The lowest BCUT2D eigenvalue weighted by Crippen LogP contribution is -2.31. The van der Waals surface area contributed by atoms with E-state index in [4.69, 9.17) is 5.73 Å². The van der Waals surface area contributed by atoms with Gasteiger partial charge in [0.25, 0.3) is 0 Å². The third-order valence-electron chi connectivity index (χ3n) is 2.82. The maximum absolute atomic E-state index is 13.2. The van der Waals surface area contributed by atoms with Gasteiger partial charge in [-0.05, 0) is 25.0 Å². The number of nitrogens with two attached hydrogens (primary N) is 1. The Morgan fingerprint density at radius 2 is 2.12 bits per heavy atom. The molecule has 1 rings (SSSR count). The van der Waals surface area contributed by atoms with Gasteiger partial charge in [-0.2, -0.15) is 0 Å². The molecule has 0 aliphatic heterocycles. The number of hydrogen-bond donors (Lipinski definition) is 2. The van der Waals surface area contributed by atoms with E-state index in [0.29, 0.717) is 11.3 Å². The predicted octanol–water partition coefficient (Wildman–Crippen LogP) is 2.45. The number of hydrogen-bond acceptors (Lipinski definition) is 2. The van der Waals surface area contributed by atoms with Crippen LogP contribution in [-0.2, 0) is 4.79 Å². The van der Waals surface area contributed by atoms with Crippen LogP contribution in [0.15, 0.2) is 18.2 Å². The molecule has 17 heavy (non-hydrogen) atoms. The third-order valence-corrected chi connectivity index (χ3v) is 2.82. The zero-order chi connectivity index (χ0) is 13.0. The summed E-state index contributed by atoms with van der Waals surface area (Å²) in [5.41, 5.74) is 6.75. The number of rotatable bonds is 4. The highest BCUT2D eigenvalue weighted by atomic mass is 19.1. The summed E-state index contributed by atoms with van der Waals surface area (Å²) >= 11 is 0. The predicted molar refractivity (Wildman–Crippen MR) is 67.2 cm³/mol. The van der Waals surface area contributed by atoms with Gasteiger partial charge in [-0.15, -0.1) is 0 Å². The highest BCUT2D eigenvalue weighted by molar-refractivity contribution is 5.91. The smallest absolute Gasteiger partial charge is 0.225 e. The fourth-order valence-electron chi connectivity index (χ4n) is 1.39. The number of halogens is 1. The summed E-state index contributed by atoms with van der Waals surface area (Å²) in [5.74, 6) is -0.259. The molecule has 4 heteroatoms. The zero-order valence-electron chi connectivity index (χ0n) is 10.5.